The molecule has 0 aliphatic rings. The van der Waals surface area contributed by atoms with E-state index in [0.717, 1.165) is 18.2 Å². The summed E-state index contributed by atoms with van der Waals surface area (Å²) >= 11 is 0. The highest BCUT2D eigenvalue weighted by Crippen LogP contribution is 2.28. The van der Waals surface area contributed by atoms with Crippen molar-refractivity contribution in [3.63, 3.8) is 0 Å². The highest BCUT2D eigenvalue weighted by atomic mass is 19.1. The fourth-order valence-corrected chi connectivity index (χ4v) is 1.97. The maximum absolute atomic E-state index is 13.7. The van der Waals surface area contributed by atoms with E-state index in [0.29, 0.717) is 0 Å². The molecule has 3 nitrogen and oxygen atoms in total. The van der Waals surface area contributed by atoms with Crippen molar-refractivity contribution in [2.24, 2.45) is 0 Å². The fraction of sp³-hybridized carbons (Fsp3) is 0.250. The van der Waals surface area contributed by atoms with Gasteiger partial charge in [0.2, 0.25) is 0 Å². The van der Waals surface area contributed by atoms with E-state index in [1.807, 2.05) is 0 Å². The first-order chi connectivity index (χ1) is 7.93. The Bertz CT molecular complexity index is 602. The topological polar surface area (TPSA) is 42.2 Å². The van der Waals surface area contributed by atoms with E-state index < -0.39 is 17.6 Å². The molecule has 0 aliphatic carbocycles. The molecular weight excluding hydrogens is 228 g/mol. The van der Waals surface area contributed by atoms with E-state index in [2.05, 4.69) is 0 Å². The van der Waals surface area contributed by atoms with Gasteiger partial charge in [-0.05, 0) is 32.0 Å². The van der Waals surface area contributed by atoms with Gasteiger partial charge in [-0.3, -0.25) is 0 Å². The first-order valence-electron chi connectivity index (χ1n) is 5.15. The number of hydrogen-bond acceptors (Lipinski definition) is 1. The lowest BCUT2D eigenvalue weighted by Crippen LogP contribution is -2.10. The minimum Gasteiger partial charge on any atom is -0.477 e. The molecule has 0 fully saturated rings. The maximum Gasteiger partial charge on any atom is 0.352 e. The van der Waals surface area contributed by atoms with Crippen LogP contribution < -0.4 is 0 Å². The van der Waals surface area contributed by atoms with Crippen LogP contribution in [0.2, 0.25) is 0 Å². The molecule has 5 heteroatoms. The first-order valence-corrected chi connectivity index (χ1v) is 5.15. The van der Waals surface area contributed by atoms with Crippen LogP contribution in [0.25, 0.3) is 10.9 Å². The molecule has 1 aromatic heterocycles. The first kappa shape index (κ1) is 11.6. The summed E-state index contributed by atoms with van der Waals surface area (Å²) in [6, 6.07) is 2.89. The molecule has 0 atom stereocenters. The number of carboxylic acid groups (broad SMARTS) is 1. The minimum absolute atomic E-state index is 0.00241. The van der Waals surface area contributed by atoms with Crippen molar-refractivity contribution in [1.82, 2.24) is 4.57 Å². The van der Waals surface area contributed by atoms with Gasteiger partial charge in [0.1, 0.15) is 17.3 Å². The Morgan fingerprint density at radius 2 is 1.88 bits per heavy atom. The summed E-state index contributed by atoms with van der Waals surface area (Å²) in [6.07, 6.45) is 0. The van der Waals surface area contributed by atoms with E-state index in [-0.39, 0.29) is 22.6 Å². The second kappa shape index (κ2) is 3.84. The third kappa shape index (κ3) is 1.67. The van der Waals surface area contributed by atoms with Crippen LogP contribution in [0.5, 0.6) is 0 Å². The van der Waals surface area contributed by atoms with E-state index in [4.69, 9.17) is 5.11 Å². The average molecular weight is 239 g/mol. The van der Waals surface area contributed by atoms with Crippen LogP contribution in [0, 0.1) is 11.6 Å². The third-order valence-corrected chi connectivity index (χ3v) is 2.63. The molecule has 0 radical (unpaired) electrons. The van der Waals surface area contributed by atoms with Crippen molar-refractivity contribution < 1.29 is 18.7 Å². The lowest BCUT2D eigenvalue weighted by atomic mass is 10.2. The van der Waals surface area contributed by atoms with Gasteiger partial charge in [-0.1, -0.05) is 0 Å². The lowest BCUT2D eigenvalue weighted by Gasteiger charge is -2.12. The third-order valence-electron chi connectivity index (χ3n) is 2.63. The molecule has 0 unspecified atom stereocenters. The van der Waals surface area contributed by atoms with Crippen molar-refractivity contribution in [3.8, 4) is 0 Å². The van der Waals surface area contributed by atoms with E-state index >= 15 is 0 Å². The molecular formula is C12H11F2NO2. The molecule has 0 aliphatic heterocycles. The summed E-state index contributed by atoms with van der Waals surface area (Å²) in [5.74, 6) is -2.44. The molecule has 17 heavy (non-hydrogen) atoms. The number of nitrogens with zero attached hydrogens (tertiary/aromatic N) is 1. The zero-order valence-corrected chi connectivity index (χ0v) is 9.37. The summed E-state index contributed by atoms with van der Waals surface area (Å²) in [7, 11) is 0. The van der Waals surface area contributed by atoms with Crippen molar-refractivity contribution in [2.75, 3.05) is 0 Å². The predicted molar refractivity (Wildman–Crippen MR) is 59.2 cm³/mol. The average Bonchev–Trinajstić information content (AvgIpc) is 2.64. The molecule has 90 valence electrons. The number of fused-ring (bicyclic) bond motifs is 1. The van der Waals surface area contributed by atoms with Gasteiger partial charge in [-0.25, -0.2) is 13.6 Å². The summed E-state index contributed by atoms with van der Waals surface area (Å²) in [6.45, 7) is 3.44. The van der Waals surface area contributed by atoms with E-state index in [9.17, 15) is 13.6 Å². The summed E-state index contributed by atoms with van der Waals surface area (Å²) in [4.78, 5) is 11.1. The van der Waals surface area contributed by atoms with Crippen LogP contribution in [0.4, 0.5) is 8.78 Å². The van der Waals surface area contributed by atoms with Crippen LogP contribution in [-0.4, -0.2) is 15.6 Å². The molecule has 0 saturated heterocycles. The Morgan fingerprint density at radius 1 is 1.29 bits per heavy atom. The van der Waals surface area contributed by atoms with Crippen LogP contribution in [-0.2, 0) is 0 Å². The number of halogens is 2. The molecule has 0 saturated carbocycles. The largest absolute Gasteiger partial charge is 0.477 e. The Morgan fingerprint density at radius 3 is 2.41 bits per heavy atom. The monoisotopic (exact) mass is 239 g/mol. The van der Waals surface area contributed by atoms with Crippen LogP contribution in [0.1, 0.15) is 30.4 Å². The van der Waals surface area contributed by atoms with Crippen LogP contribution in [0.15, 0.2) is 18.2 Å². The molecule has 0 amide bonds. The minimum atomic E-state index is -1.20. The van der Waals surface area contributed by atoms with Crippen LogP contribution in [0.3, 0.4) is 0 Å². The fourth-order valence-electron chi connectivity index (χ4n) is 1.97. The molecule has 1 heterocycles. The lowest BCUT2D eigenvalue weighted by molar-refractivity contribution is 0.0684. The number of carbonyl (C=O) groups is 1. The molecule has 0 bridgehead atoms. The SMILES string of the molecule is CC(C)n1c(C(=O)O)cc2c(F)ccc(F)c21. The second-order valence-corrected chi connectivity index (χ2v) is 4.09. The highest BCUT2D eigenvalue weighted by molar-refractivity contribution is 5.95. The molecule has 2 rings (SSSR count). The van der Waals surface area contributed by atoms with Crippen molar-refractivity contribution >= 4 is 16.9 Å². The predicted octanol–water partition coefficient (Wildman–Crippen LogP) is 3.20. The second-order valence-electron chi connectivity index (χ2n) is 4.09. The molecule has 2 aromatic rings. The number of rotatable bonds is 2. The van der Waals surface area contributed by atoms with Crippen molar-refractivity contribution in [1.29, 1.82) is 0 Å². The highest BCUT2D eigenvalue weighted by Gasteiger charge is 2.21. The number of aromatic nitrogens is 1. The van der Waals surface area contributed by atoms with Crippen molar-refractivity contribution in [3.05, 3.63) is 35.5 Å². The smallest absolute Gasteiger partial charge is 0.352 e. The zero-order valence-electron chi connectivity index (χ0n) is 9.37. The van der Waals surface area contributed by atoms with Gasteiger partial charge >= 0.3 is 5.97 Å². The number of aromatic carboxylic acids is 1. The Kier molecular flexibility index (Phi) is 2.61. The van der Waals surface area contributed by atoms with Gasteiger partial charge in [0.25, 0.3) is 0 Å². The zero-order chi connectivity index (χ0) is 12.7. The molecule has 0 spiro atoms. The number of benzene rings is 1. The normalized spacial score (nSPS) is 11.4. The van der Waals surface area contributed by atoms with Gasteiger partial charge in [0, 0.05) is 11.4 Å². The summed E-state index contributed by atoms with van der Waals surface area (Å²) in [5.41, 5.74) is -0.114. The Labute approximate surface area is 96.3 Å². The standard InChI is InChI=1S/C12H11F2NO2/c1-6(2)15-10(12(16)17)5-7-8(13)3-4-9(14)11(7)15/h3-6H,1-2H3,(H,16,17). The van der Waals surface area contributed by atoms with Crippen LogP contribution >= 0.6 is 0 Å². The molecule has 1 N–H and O–H groups in total. The summed E-state index contributed by atoms with van der Waals surface area (Å²) in [5, 5.41) is 9.03. The van der Waals surface area contributed by atoms with Crippen molar-refractivity contribution in [2.45, 2.75) is 19.9 Å². The van der Waals surface area contributed by atoms with Gasteiger partial charge < -0.3 is 9.67 Å². The Balaban J connectivity index is 2.95. The number of hydrogen-bond donors (Lipinski definition) is 1. The summed E-state index contributed by atoms with van der Waals surface area (Å²) < 4.78 is 28.5. The quantitative estimate of drug-likeness (QED) is 0.874. The van der Waals surface area contributed by atoms with E-state index in [1.165, 1.54) is 4.57 Å². The maximum atomic E-state index is 13.7. The van der Waals surface area contributed by atoms with Gasteiger partial charge in [-0.2, -0.15) is 0 Å². The number of carboxylic acids is 1. The van der Waals surface area contributed by atoms with Gasteiger partial charge in [0.15, 0.2) is 0 Å². The van der Waals surface area contributed by atoms with Gasteiger partial charge in [0.05, 0.1) is 5.52 Å². The molecule has 1 aromatic carbocycles. The van der Waals surface area contributed by atoms with E-state index in [1.54, 1.807) is 13.8 Å². The Hall–Kier alpha value is -1.91. The van der Waals surface area contributed by atoms with Gasteiger partial charge in [-0.15, -0.1) is 0 Å².